The monoisotopic (exact) mass is 209 g/mol. The highest BCUT2D eigenvalue weighted by atomic mass is 16.5. The van der Waals surface area contributed by atoms with Crippen molar-refractivity contribution in [2.75, 3.05) is 26.3 Å². The summed E-state index contributed by atoms with van der Waals surface area (Å²) >= 11 is 0. The lowest BCUT2D eigenvalue weighted by Crippen LogP contribution is -2.49. The highest BCUT2D eigenvalue weighted by Gasteiger charge is 2.49. The first-order chi connectivity index (χ1) is 7.00. The summed E-state index contributed by atoms with van der Waals surface area (Å²) < 4.78 is 5.66. The third kappa shape index (κ3) is 1.64. The van der Waals surface area contributed by atoms with Crippen molar-refractivity contribution < 1.29 is 4.74 Å². The van der Waals surface area contributed by atoms with Crippen molar-refractivity contribution in [1.82, 2.24) is 4.90 Å². The van der Waals surface area contributed by atoms with Gasteiger partial charge >= 0.3 is 0 Å². The van der Waals surface area contributed by atoms with Crippen molar-refractivity contribution in [3.05, 3.63) is 11.6 Å². The Balaban J connectivity index is 2.32. The largest absolute Gasteiger partial charge is 0.379 e. The first-order valence-electron chi connectivity index (χ1n) is 6.04. The maximum atomic E-state index is 5.66. The maximum Gasteiger partial charge on any atom is 0.0690 e. The van der Waals surface area contributed by atoms with Gasteiger partial charge in [0.1, 0.15) is 0 Å². The first-order valence-corrected chi connectivity index (χ1v) is 6.04. The van der Waals surface area contributed by atoms with E-state index in [-0.39, 0.29) is 11.0 Å². The molecule has 1 atom stereocenters. The highest BCUT2D eigenvalue weighted by molar-refractivity contribution is 5.33. The molecule has 15 heavy (non-hydrogen) atoms. The van der Waals surface area contributed by atoms with Gasteiger partial charge in [-0.25, -0.2) is 0 Å². The second-order valence-electron chi connectivity index (χ2n) is 5.74. The molecule has 86 valence electrons. The Hall–Kier alpha value is -0.340. The van der Waals surface area contributed by atoms with Gasteiger partial charge in [-0.3, -0.25) is 4.90 Å². The van der Waals surface area contributed by atoms with Gasteiger partial charge in [-0.15, -0.1) is 0 Å². The predicted molar refractivity (Wildman–Crippen MR) is 63.0 cm³/mol. The normalized spacial score (nSPS) is 32.7. The molecule has 0 aliphatic carbocycles. The summed E-state index contributed by atoms with van der Waals surface area (Å²) in [6, 6.07) is 0. The van der Waals surface area contributed by atoms with Crippen LogP contribution in [0.2, 0.25) is 0 Å². The molecule has 0 amide bonds. The topological polar surface area (TPSA) is 12.5 Å². The molecule has 1 fully saturated rings. The highest BCUT2D eigenvalue weighted by Crippen LogP contribution is 2.45. The van der Waals surface area contributed by atoms with Gasteiger partial charge < -0.3 is 4.74 Å². The van der Waals surface area contributed by atoms with Crippen LogP contribution >= 0.6 is 0 Å². The van der Waals surface area contributed by atoms with Crippen molar-refractivity contribution in [1.29, 1.82) is 0 Å². The molecule has 0 saturated carbocycles. The van der Waals surface area contributed by atoms with E-state index in [4.69, 9.17) is 4.74 Å². The van der Waals surface area contributed by atoms with Gasteiger partial charge in [-0.1, -0.05) is 33.8 Å². The van der Waals surface area contributed by atoms with Crippen LogP contribution in [0.1, 0.15) is 34.1 Å². The van der Waals surface area contributed by atoms with Crippen LogP contribution in [0.25, 0.3) is 0 Å². The van der Waals surface area contributed by atoms with Gasteiger partial charge in [0.2, 0.25) is 0 Å². The van der Waals surface area contributed by atoms with E-state index in [1.165, 1.54) is 6.42 Å². The van der Waals surface area contributed by atoms with Crippen LogP contribution in [0.5, 0.6) is 0 Å². The molecule has 0 bridgehead atoms. The van der Waals surface area contributed by atoms with E-state index in [0.29, 0.717) is 0 Å². The van der Waals surface area contributed by atoms with E-state index in [2.05, 4.69) is 38.7 Å². The van der Waals surface area contributed by atoms with E-state index in [1.807, 2.05) is 0 Å². The minimum absolute atomic E-state index is 0.229. The van der Waals surface area contributed by atoms with Crippen LogP contribution in [0.4, 0.5) is 0 Å². The van der Waals surface area contributed by atoms with Gasteiger partial charge in [-0.05, 0) is 24.0 Å². The number of ether oxygens (including phenoxy) is 1. The summed E-state index contributed by atoms with van der Waals surface area (Å²) in [5.74, 6) is 0. The van der Waals surface area contributed by atoms with Crippen LogP contribution in [-0.2, 0) is 4.74 Å². The second-order valence-corrected chi connectivity index (χ2v) is 5.74. The second kappa shape index (κ2) is 3.60. The van der Waals surface area contributed by atoms with Gasteiger partial charge in [0.15, 0.2) is 0 Å². The van der Waals surface area contributed by atoms with Crippen LogP contribution < -0.4 is 0 Å². The van der Waals surface area contributed by atoms with Crippen molar-refractivity contribution in [2.45, 2.75) is 39.7 Å². The summed E-state index contributed by atoms with van der Waals surface area (Å²) in [6.45, 7) is 13.2. The van der Waals surface area contributed by atoms with Crippen LogP contribution in [-0.4, -0.2) is 36.7 Å². The SMILES string of the molecule is CCN1CC=C(C(C)(C)C)[C@]12CCOC2. The smallest absolute Gasteiger partial charge is 0.0690 e. The molecule has 2 heterocycles. The van der Waals surface area contributed by atoms with Crippen LogP contribution in [0.3, 0.4) is 0 Å². The zero-order chi connectivity index (χ0) is 11.1. The van der Waals surface area contributed by atoms with Crippen molar-refractivity contribution in [2.24, 2.45) is 5.41 Å². The van der Waals surface area contributed by atoms with E-state index in [1.54, 1.807) is 5.57 Å². The van der Waals surface area contributed by atoms with E-state index in [9.17, 15) is 0 Å². The summed E-state index contributed by atoms with van der Waals surface area (Å²) in [5, 5.41) is 0. The molecule has 1 saturated heterocycles. The van der Waals surface area contributed by atoms with Gasteiger partial charge in [0.25, 0.3) is 0 Å². The summed E-state index contributed by atoms with van der Waals surface area (Å²) in [7, 11) is 0. The molecule has 0 aromatic heterocycles. The third-order valence-corrected chi connectivity index (χ3v) is 3.81. The number of hydrogen-bond donors (Lipinski definition) is 0. The third-order valence-electron chi connectivity index (χ3n) is 3.81. The molecule has 0 radical (unpaired) electrons. The minimum atomic E-state index is 0.229. The molecular formula is C13H23NO. The summed E-state index contributed by atoms with van der Waals surface area (Å²) in [5.41, 5.74) is 2.10. The molecule has 2 rings (SSSR count). The number of hydrogen-bond acceptors (Lipinski definition) is 2. The first kappa shape index (κ1) is 11.2. The molecule has 2 aliphatic heterocycles. The van der Waals surface area contributed by atoms with Crippen molar-refractivity contribution >= 4 is 0 Å². The molecule has 0 aromatic carbocycles. The zero-order valence-corrected chi connectivity index (χ0v) is 10.5. The minimum Gasteiger partial charge on any atom is -0.379 e. The quantitative estimate of drug-likeness (QED) is 0.615. The molecule has 0 aromatic rings. The molecule has 0 N–H and O–H groups in total. The Morgan fingerprint density at radius 1 is 1.47 bits per heavy atom. The van der Waals surface area contributed by atoms with E-state index in [0.717, 1.165) is 26.3 Å². The zero-order valence-electron chi connectivity index (χ0n) is 10.5. The lowest BCUT2D eigenvalue weighted by Gasteiger charge is -2.40. The Kier molecular flexibility index (Phi) is 2.68. The molecule has 2 aliphatic rings. The van der Waals surface area contributed by atoms with E-state index < -0.39 is 0 Å². The fourth-order valence-corrected chi connectivity index (χ4v) is 3.19. The lowest BCUT2D eigenvalue weighted by molar-refractivity contribution is 0.107. The van der Waals surface area contributed by atoms with Gasteiger partial charge in [-0.2, -0.15) is 0 Å². The Morgan fingerprint density at radius 2 is 2.20 bits per heavy atom. The predicted octanol–water partition coefficient (Wildman–Crippen LogP) is 2.45. The number of rotatable bonds is 1. The van der Waals surface area contributed by atoms with Gasteiger partial charge in [0.05, 0.1) is 12.1 Å². The molecule has 1 spiro atoms. The average molecular weight is 209 g/mol. The fourth-order valence-electron chi connectivity index (χ4n) is 3.19. The Morgan fingerprint density at radius 3 is 2.67 bits per heavy atom. The maximum absolute atomic E-state index is 5.66. The molecule has 2 heteroatoms. The van der Waals surface area contributed by atoms with Crippen molar-refractivity contribution in [3.63, 3.8) is 0 Å². The number of nitrogens with zero attached hydrogens (tertiary/aromatic N) is 1. The van der Waals surface area contributed by atoms with E-state index >= 15 is 0 Å². The Bertz CT molecular complexity index is 269. The van der Waals surface area contributed by atoms with Crippen molar-refractivity contribution in [3.8, 4) is 0 Å². The number of likely N-dealkylation sites (N-methyl/N-ethyl adjacent to an activating group) is 1. The molecular weight excluding hydrogens is 186 g/mol. The molecule has 2 nitrogen and oxygen atoms in total. The fraction of sp³-hybridized carbons (Fsp3) is 0.846. The lowest BCUT2D eigenvalue weighted by atomic mass is 9.74. The average Bonchev–Trinajstić information content (AvgIpc) is 2.73. The summed E-state index contributed by atoms with van der Waals surface area (Å²) in [6.07, 6.45) is 3.60. The molecule has 0 unspecified atom stereocenters. The van der Waals surface area contributed by atoms with Crippen LogP contribution in [0.15, 0.2) is 11.6 Å². The standard InChI is InChI=1S/C13H23NO/c1-5-14-8-6-11(12(2,3)4)13(14)7-9-15-10-13/h6H,5,7-10H2,1-4H3/t13-/m1/s1. The van der Waals surface area contributed by atoms with Gasteiger partial charge in [0, 0.05) is 13.2 Å². The Labute approximate surface area is 93.3 Å². The van der Waals surface area contributed by atoms with Crippen LogP contribution in [0, 0.1) is 5.41 Å². The summed E-state index contributed by atoms with van der Waals surface area (Å²) in [4.78, 5) is 2.57.